The van der Waals surface area contributed by atoms with Crippen molar-refractivity contribution in [2.75, 3.05) is 6.61 Å². The maximum absolute atomic E-state index is 11.8. The standard InChI is InChI=1S/C13H12ClN3O5/c1-3-21-13(18)9-7-16(2)15-12(9)22-8-4-5-11(17(19)20)10(14)6-8/h4-7H,3H2,1-2H3. The van der Waals surface area contributed by atoms with Crippen LogP contribution in [-0.4, -0.2) is 27.3 Å². The number of nitro benzene ring substituents is 1. The third kappa shape index (κ3) is 3.34. The van der Waals surface area contributed by atoms with Gasteiger partial charge in [-0.05, 0) is 13.0 Å². The summed E-state index contributed by atoms with van der Waals surface area (Å²) < 4.78 is 11.8. The smallest absolute Gasteiger partial charge is 0.345 e. The minimum Gasteiger partial charge on any atom is -0.462 e. The van der Waals surface area contributed by atoms with Crippen molar-refractivity contribution >= 4 is 23.3 Å². The molecule has 0 spiro atoms. The molecule has 0 fully saturated rings. The van der Waals surface area contributed by atoms with Gasteiger partial charge in [0, 0.05) is 25.4 Å². The first-order chi connectivity index (χ1) is 10.4. The van der Waals surface area contributed by atoms with Crippen molar-refractivity contribution in [3.63, 3.8) is 0 Å². The third-order valence-electron chi connectivity index (χ3n) is 2.62. The number of nitro groups is 1. The highest BCUT2D eigenvalue weighted by Crippen LogP contribution is 2.31. The van der Waals surface area contributed by atoms with E-state index in [1.165, 1.54) is 29.1 Å². The minimum atomic E-state index is -0.600. The predicted octanol–water partition coefficient (Wildman–Crippen LogP) is 2.95. The average Bonchev–Trinajstić information content (AvgIpc) is 2.79. The summed E-state index contributed by atoms with van der Waals surface area (Å²) in [4.78, 5) is 21.9. The number of hydrogen-bond acceptors (Lipinski definition) is 6. The lowest BCUT2D eigenvalue weighted by Crippen LogP contribution is -2.05. The molecule has 1 aromatic heterocycles. The molecule has 2 aromatic rings. The van der Waals surface area contributed by atoms with Crippen LogP contribution in [0.3, 0.4) is 0 Å². The van der Waals surface area contributed by atoms with Gasteiger partial charge in [0.05, 0.1) is 11.5 Å². The largest absolute Gasteiger partial charge is 0.462 e. The van der Waals surface area contributed by atoms with Crippen LogP contribution in [0.2, 0.25) is 5.02 Å². The Balaban J connectivity index is 2.29. The molecule has 0 aliphatic heterocycles. The van der Waals surface area contributed by atoms with Crippen molar-refractivity contribution in [2.24, 2.45) is 7.05 Å². The second-order valence-corrected chi connectivity index (χ2v) is 4.62. The molecular formula is C13H12ClN3O5. The van der Waals surface area contributed by atoms with E-state index in [0.29, 0.717) is 0 Å². The van der Waals surface area contributed by atoms with Crippen LogP contribution >= 0.6 is 11.6 Å². The van der Waals surface area contributed by atoms with Crippen LogP contribution < -0.4 is 4.74 Å². The first-order valence-corrected chi connectivity index (χ1v) is 6.62. The number of hydrogen-bond donors (Lipinski definition) is 0. The Morgan fingerprint density at radius 2 is 2.23 bits per heavy atom. The molecule has 22 heavy (non-hydrogen) atoms. The Bertz CT molecular complexity index is 728. The molecular weight excluding hydrogens is 314 g/mol. The Labute approximate surface area is 130 Å². The van der Waals surface area contributed by atoms with Gasteiger partial charge < -0.3 is 9.47 Å². The van der Waals surface area contributed by atoms with Crippen molar-refractivity contribution in [2.45, 2.75) is 6.92 Å². The number of halogens is 1. The molecule has 0 radical (unpaired) electrons. The van der Waals surface area contributed by atoms with Gasteiger partial charge in [0.15, 0.2) is 0 Å². The lowest BCUT2D eigenvalue weighted by molar-refractivity contribution is -0.384. The normalized spacial score (nSPS) is 10.3. The summed E-state index contributed by atoms with van der Waals surface area (Å²) in [5.74, 6) is -0.315. The van der Waals surface area contributed by atoms with Crippen LogP contribution in [0.5, 0.6) is 11.6 Å². The number of benzene rings is 1. The van der Waals surface area contributed by atoms with E-state index in [0.717, 1.165) is 0 Å². The van der Waals surface area contributed by atoms with Crippen LogP contribution in [0.25, 0.3) is 0 Å². The minimum absolute atomic E-state index is 0.0332. The number of carbonyl (C=O) groups is 1. The molecule has 116 valence electrons. The van der Waals surface area contributed by atoms with E-state index in [1.54, 1.807) is 14.0 Å². The molecule has 0 aliphatic carbocycles. The molecule has 2 rings (SSSR count). The van der Waals surface area contributed by atoms with E-state index < -0.39 is 10.9 Å². The van der Waals surface area contributed by atoms with Crippen molar-refractivity contribution in [1.29, 1.82) is 0 Å². The van der Waals surface area contributed by atoms with Gasteiger partial charge in [-0.15, -0.1) is 5.10 Å². The summed E-state index contributed by atoms with van der Waals surface area (Å²) in [6.45, 7) is 1.90. The molecule has 9 heteroatoms. The van der Waals surface area contributed by atoms with Crippen molar-refractivity contribution in [1.82, 2.24) is 9.78 Å². The molecule has 0 N–H and O–H groups in total. The maximum Gasteiger partial charge on any atom is 0.345 e. The predicted molar refractivity (Wildman–Crippen MR) is 77.3 cm³/mol. The van der Waals surface area contributed by atoms with E-state index in [9.17, 15) is 14.9 Å². The number of aromatic nitrogens is 2. The number of nitrogens with zero attached hydrogens (tertiary/aromatic N) is 3. The second kappa shape index (κ2) is 6.44. The van der Waals surface area contributed by atoms with Crippen LogP contribution in [0.4, 0.5) is 5.69 Å². The van der Waals surface area contributed by atoms with Crippen LogP contribution in [0, 0.1) is 10.1 Å². The first-order valence-electron chi connectivity index (χ1n) is 6.25. The topological polar surface area (TPSA) is 96.5 Å². The van der Waals surface area contributed by atoms with Crippen LogP contribution in [0.1, 0.15) is 17.3 Å². The zero-order valence-electron chi connectivity index (χ0n) is 11.8. The molecule has 8 nitrogen and oxygen atoms in total. The molecule has 0 saturated carbocycles. The Morgan fingerprint density at radius 3 is 2.82 bits per heavy atom. The zero-order chi connectivity index (χ0) is 16.3. The molecule has 0 aliphatic rings. The highest BCUT2D eigenvalue weighted by Gasteiger charge is 2.20. The molecule has 1 heterocycles. The number of rotatable bonds is 5. The monoisotopic (exact) mass is 325 g/mol. The van der Waals surface area contributed by atoms with Gasteiger partial charge in [0.1, 0.15) is 16.3 Å². The highest BCUT2D eigenvalue weighted by atomic mass is 35.5. The van der Waals surface area contributed by atoms with E-state index in [4.69, 9.17) is 21.1 Å². The average molecular weight is 326 g/mol. The third-order valence-corrected chi connectivity index (χ3v) is 2.92. The number of ether oxygens (including phenoxy) is 2. The maximum atomic E-state index is 11.8. The molecule has 0 atom stereocenters. The molecule has 0 amide bonds. The summed E-state index contributed by atoms with van der Waals surface area (Å²) in [7, 11) is 1.62. The SMILES string of the molecule is CCOC(=O)c1cn(C)nc1Oc1ccc([N+](=O)[O-])c(Cl)c1. The van der Waals surface area contributed by atoms with Gasteiger partial charge in [-0.2, -0.15) is 0 Å². The zero-order valence-corrected chi connectivity index (χ0v) is 12.5. The van der Waals surface area contributed by atoms with Gasteiger partial charge in [0.2, 0.25) is 0 Å². The Hall–Kier alpha value is -2.61. The summed E-state index contributed by atoms with van der Waals surface area (Å²) >= 11 is 5.81. The summed E-state index contributed by atoms with van der Waals surface area (Å²) in [5, 5.41) is 14.7. The number of esters is 1. The summed E-state index contributed by atoms with van der Waals surface area (Å²) in [5.41, 5.74) is -0.0838. The first kappa shape index (κ1) is 15.8. The van der Waals surface area contributed by atoms with Gasteiger partial charge in [-0.1, -0.05) is 11.6 Å². The lowest BCUT2D eigenvalue weighted by atomic mass is 10.3. The van der Waals surface area contributed by atoms with Crippen molar-refractivity contribution in [3.05, 3.63) is 45.1 Å². The Kier molecular flexibility index (Phi) is 4.62. The second-order valence-electron chi connectivity index (χ2n) is 4.21. The van der Waals surface area contributed by atoms with E-state index in [1.807, 2.05) is 0 Å². The van der Waals surface area contributed by atoms with Gasteiger partial charge >= 0.3 is 5.97 Å². The van der Waals surface area contributed by atoms with E-state index in [-0.39, 0.29) is 34.5 Å². The fourth-order valence-corrected chi connectivity index (χ4v) is 1.94. The van der Waals surface area contributed by atoms with Crippen LogP contribution in [0.15, 0.2) is 24.4 Å². The highest BCUT2D eigenvalue weighted by molar-refractivity contribution is 6.32. The number of carbonyl (C=O) groups excluding carboxylic acids is 1. The quantitative estimate of drug-likeness (QED) is 0.476. The molecule has 0 saturated heterocycles. The Morgan fingerprint density at radius 1 is 1.50 bits per heavy atom. The van der Waals surface area contributed by atoms with Gasteiger partial charge in [-0.25, -0.2) is 4.79 Å². The summed E-state index contributed by atoms with van der Waals surface area (Å²) in [6, 6.07) is 3.86. The summed E-state index contributed by atoms with van der Waals surface area (Å²) in [6.07, 6.45) is 1.46. The van der Waals surface area contributed by atoms with Gasteiger partial charge in [0.25, 0.3) is 11.6 Å². The van der Waals surface area contributed by atoms with Gasteiger partial charge in [-0.3, -0.25) is 14.8 Å². The lowest BCUT2D eigenvalue weighted by Gasteiger charge is -2.05. The van der Waals surface area contributed by atoms with E-state index >= 15 is 0 Å². The molecule has 0 unspecified atom stereocenters. The van der Waals surface area contributed by atoms with Crippen molar-refractivity contribution < 1.29 is 19.2 Å². The number of aryl methyl sites for hydroxylation is 1. The van der Waals surface area contributed by atoms with Crippen molar-refractivity contribution in [3.8, 4) is 11.6 Å². The molecule has 1 aromatic carbocycles. The molecule has 0 bridgehead atoms. The fourth-order valence-electron chi connectivity index (χ4n) is 1.70. The van der Waals surface area contributed by atoms with E-state index in [2.05, 4.69) is 5.10 Å². The van der Waals surface area contributed by atoms with Crippen LogP contribution in [-0.2, 0) is 11.8 Å². The fraction of sp³-hybridized carbons (Fsp3) is 0.231.